The van der Waals surface area contributed by atoms with Gasteiger partial charge >= 0.3 is 6.03 Å². The maximum Gasteiger partial charge on any atom is 0.317 e. The van der Waals surface area contributed by atoms with E-state index in [2.05, 4.69) is 16.3 Å². The molecule has 0 unspecified atom stereocenters. The minimum Gasteiger partial charge on any atom is -0.335 e. The van der Waals surface area contributed by atoms with Crippen molar-refractivity contribution in [3.8, 4) is 6.07 Å². The molecule has 21 heavy (non-hydrogen) atoms. The Bertz CT molecular complexity index is 407. The first-order valence-corrected chi connectivity index (χ1v) is 8.73. The molecule has 0 aromatic carbocycles. The summed E-state index contributed by atoms with van der Waals surface area (Å²) in [6.07, 6.45) is 11.7. The quantitative estimate of drug-likeness (QED) is 0.862. The molecule has 3 fully saturated rings. The molecule has 3 aliphatic rings. The minimum atomic E-state index is 0.131. The van der Waals surface area contributed by atoms with Gasteiger partial charge in [-0.3, -0.25) is 0 Å². The van der Waals surface area contributed by atoms with E-state index in [0.29, 0.717) is 12.0 Å². The van der Waals surface area contributed by atoms with Crippen LogP contribution in [0.2, 0.25) is 0 Å². The Morgan fingerprint density at radius 2 is 1.86 bits per heavy atom. The van der Waals surface area contributed by atoms with Crippen molar-refractivity contribution in [1.82, 2.24) is 10.2 Å². The van der Waals surface area contributed by atoms with Crippen LogP contribution in [0.15, 0.2) is 0 Å². The SMILES string of the molecule is N#C[C@H]1CC[C@@H](NC(=O)N(CC2CCCCC2)C2CC2)C1. The Morgan fingerprint density at radius 3 is 2.48 bits per heavy atom. The van der Waals surface area contributed by atoms with Gasteiger partial charge in [-0.15, -0.1) is 0 Å². The van der Waals surface area contributed by atoms with Gasteiger partial charge in [0.1, 0.15) is 0 Å². The van der Waals surface area contributed by atoms with E-state index < -0.39 is 0 Å². The second-order valence-corrected chi connectivity index (χ2v) is 7.17. The lowest BCUT2D eigenvalue weighted by Gasteiger charge is -2.31. The molecule has 0 bridgehead atoms. The van der Waals surface area contributed by atoms with Gasteiger partial charge in [0.15, 0.2) is 0 Å². The third-order valence-electron chi connectivity index (χ3n) is 5.37. The highest BCUT2D eigenvalue weighted by molar-refractivity contribution is 5.75. The first-order chi connectivity index (χ1) is 10.3. The van der Waals surface area contributed by atoms with Gasteiger partial charge < -0.3 is 10.2 Å². The number of urea groups is 1. The Hall–Kier alpha value is -1.24. The van der Waals surface area contributed by atoms with Gasteiger partial charge in [-0.25, -0.2) is 4.79 Å². The van der Waals surface area contributed by atoms with E-state index in [1.54, 1.807) is 0 Å². The van der Waals surface area contributed by atoms with E-state index in [9.17, 15) is 4.79 Å². The molecule has 0 aromatic rings. The zero-order valence-electron chi connectivity index (χ0n) is 12.9. The molecular formula is C17H27N3O. The lowest BCUT2D eigenvalue weighted by Crippen LogP contribution is -2.47. The summed E-state index contributed by atoms with van der Waals surface area (Å²) < 4.78 is 0. The van der Waals surface area contributed by atoms with Crippen LogP contribution in [0.4, 0.5) is 4.79 Å². The first kappa shape index (κ1) is 14.7. The third kappa shape index (κ3) is 3.90. The zero-order chi connectivity index (χ0) is 14.7. The second kappa shape index (κ2) is 6.68. The van der Waals surface area contributed by atoms with Crippen LogP contribution < -0.4 is 5.32 Å². The lowest BCUT2D eigenvalue weighted by atomic mass is 9.89. The second-order valence-electron chi connectivity index (χ2n) is 7.17. The van der Waals surface area contributed by atoms with E-state index in [1.165, 1.54) is 44.9 Å². The highest BCUT2D eigenvalue weighted by Crippen LogP contribution is 2.32. The van der Waals surface area contributed by atoms with Crippen LogP contribution in [0.1, 0.15) is 64.2 Å². The molecule has 3 rings (SSSR count). The molecule has 4 heteroatoms. The Kier molecular flexibility index (Phi) is 4.67. The molecule has 0 aliphatic heterocycles. The van der Waals surface area contributed by atoms with Gasteiger partial charge in [0.2, 0.25) is 0 Å². The topological polar surface area (TPSA) is 56.1 Å². The van der Waals surface area contributed by atoms with Crippen molar-refractivity contribution >= 4 is 6.03 Å². The van der Waals surface area contributed by atoms with E-state index >= 15 is 0 Å². The van der Waals surface area contributed by atoms with Crippen molar-refractivity contribution in [1.29, 1.82) is 5.26 Å². The van der Waals surface area contributed by atoms with Crippen LogP contribution in [-0.4, -0.2) is 29.6 Å². The molecule has 0 radical (unpaired) electrons. The summed E-state index contributed by atoms with van der Waals surface area (Å²) in [6.45, 7) is 0.949. The number of nitrogens with zero attached hydrogens (tertiary/aromatic N) is 2. The monoisotopic (exact) mass is 289 g/mol. The molecule has 3 aliphatic carbocycles. The van der Waals surface area contributed by atoms with Crippen molar-refractivity contribution < 1.29 is 4.79 Å². The fourth-order valence-corrected chi connectivity index (χ4v) is 3.92. The van der Waals surface area contributed by atoms with E-state index in [4.69, 9.17) is 5.26 Å². The summed E-state index contributed by atoms with van der Waals surface area (Å²) in [5.41, 5.74) is 0. The number of carbonyl (C=O) groups excluding carboxylic acids is 1. The number of amides is 2. The predicted octanol–water partition coefficient (Wildman–Crippen LogP) is 3.43. The van der Waals surface area contributed by atoms with E-state index in [-0.39, 0.29) is 18.0 Å². The van der Waals surface area contributed by atoms with Crippen LogP contribution in [-0.2, 0) is 0 Å². The van der Waals surface area contributed by atoms with Crippen molar-refractivity contribution in [3.63, 3.8) is 0 Å². The largest absolute Gasteiger partial charge is 0.335 e. The molecule has 1 N–H and O–H groups in total. The predicted molar refractivity (Wildman–Crippen MR) is 81.6 cm³/mol. The maximum atomic E-state index is 12.6. The average molecular weight is 289 g/mol. The van der Waals surface area contributed by atoms with Crippen molar-refractivity contribution in [3.05, 3.63) is 0 Å². The standard InChI is InChI=1S/C17H27N3O/c18-11-14-6-7-15(10-14)19-17(21)20(16-8-9-16)12-13-4-2-1-3-5-13/h13-16H,1-10,12H2,(H,19,21)/t14-,15+/m0/s1. The molecule has 0 heterocycles. The molecule has 0 aromatic heterocycles. The molecule has 2 amide bonds. The Balaban J connectivity index is 1.51. The molecule has 4 nitrogen and oxygen atoms in total. The van der Waals surface area contributed by atoms with Crippen molar-refractivity contribution in [2.45, 2.75) is 76.3 Å². The van der Waals surface area contributed by atoms with Crippen LogP contribution in [0.3, 0.4) is 0 Å². The van der Waals surface area contributed by atoms with Gasteiger partial charge in [0, 0.05) is 24.5 Å². The summed E-state index contributed by atoms with van der Waals surface area (Å²) in [6, 6.07) is 3.17. The molecule has 0 saturated heterocycles. The van der Waals surface area contributed by atoms with Gasteiger partial charge in [-0.05, 0) is 50.9 Å². The van der Waals surface area contributed by atoms with Gasteiger partial charge in [-0.2, -0.15) is 5.26 Å². The van der Waals surface area contributed by atoms with Gasteiger partial charge in [0.25, 0.3) is 0 Å². The normalized spacial score (nSPS) is 29.9. The van der Waals surface area contributed by atoms with Crippen LogP contribution in [0.5, 0.6) is 0 Å². The van der Waals surface area contributed by atoms with Gasteiger partial charge in [-0.1, -0.05) is 19.3 Å². The van der Waals surface area contributed by atoms with Crippen molar-refractivity contribution in [2.24, 2.45) is 11.8 Å². The number of rotatable bonds is 4. The average Bonchev–Trinajstić information content (AvgIpc) is 3.25. The molecule has 2 atom stereocenters. The van der Waals surface area contributed by atoms with Gasteiger partial charge in [0.05, 0.1) is 6.07 Å². The lowest BCUT2D eigenvalue weighted by molar-refractivity contribution is 0.171. The van der Waals surface area contributed by atoms with Crippen LogP contribution in [0.25, 0.3) is 0 Å². The highest BCUT2D eigenvalue weighted by atomic mass is 16.2. The minimum absolute atomic E-state index is 0.131. The summed E-state index contributed by atoms with van der Waals surface area (Å²) in [7, 11) is 0. The number of carbonyl (C=O) groups is 1. The number of hydrogen-bond acceptors (Lipinski definition) is 2. The summed E-state index contributed by atoms with van der Waals surface area (Å²) in [4.78, 5) is 14.7. The Morgan fingerprint density at radius 1 is 1.10 bits per heavy atom. The number of nitriles is 1. The van der Waals surface area contributed by atoms with Crippen LogP contribution >= 0.6 is 0 Å². The third-order valence-corrected chi connectivity index (χ3v) is 5.37. The summed E-state index contributed by atoms with van der Waals surface area (Å²) in [5.74, 6) is 0.851. The maximum absolute atomic E-state index is 12.6. The summed E-state index contributed by atoms with van der Waals surface area (Å²) >= 11 is 0. The number of nitrogens with one attached hydrogen (secondary N) is 1. The molecule has 116 valence electrons. The van der Waals surface area contributed by atoms with E-state index in [0.717, 1.165) is 25.8 Å². The number of hydrogen-bond donors (Lipinski definition) is 1. The molecule has 0 spiro atoms. The van der Waals surface area contributed by atoms with Crippen LogP contribution in [0, 0.1) is 23.2 Å². The molecule has 3 saturated carbocycles. The van der Waals surface area contributed by atoms with E-state index in [1.807, 2.05) is 0 Å². The Labute approximate surface area is 127 Å². The fourth-order valence-electron chi connectivity index (χ4n) is 3.92. The first-order valence-electron chi connectivity index (χ1n) is 8.73. The van der Waals surface area contributed by atoms with Crippen molar-refractivity contribution in [2.75, 3.05) is 6.54 Å². The highest BCUT2D eigenvalue weighted by Gasteiger charge is 2.36. The molecular weight excluding hydrogens is 262 g/mol. The summed E-state index contributed by atoms with van der Waals surface area (Å²) in [5, 5.41) is 12.2. The fraction of sp³-hybridized carbons (Fsp3) is 0.882. The zero-order valence-corrected chi connectivity index (χ0v) is 12.9. The smallest absolute Gasteiger partial charge is 0.317 e.